The zero-order valence-corrected chi connectivity index (χ0v) is 14.6. The maximum Gasteiger partial charge on any atom is 0.249 e. The van der Waals surface area contributed by atoms with Crippen molar-refractivity contribution in [2.45, 2.75) is 39.7 Å². The van der Waals surface area contributed by atoms with Crippen LogP contribution in [0.25, 0.3) is 0 Å². The molecule has 1 saturated heterocycles. The molecule has 126 valence electrons. The summed E-state index contributed by atoms with van der Waals surface area (Å²) in [5.41, 5.74) is 2.69. The Kier molecular flexibility index (Phi) is 6.02. The number of aryl methyl sites for hydroxylation is 2. The quantitative estimate of drug-likeness (QED) is 0.897. The first kappa shape index (κ1) is 17.8. The average Bonchev–Trinajstić information content (AvgIpc) is 2.98. The van der Waals surface area contributed by atoms with Gasteiger partial charge in [0, 0.05) is 26.6 Å². The van der Waals surface area contributed by atoms with Gasteiger partial charge in [0.1, 0.15) is 6.10 Å². The predicted molar refractivity (Wildman–Crippen MR) is 90.9 cm³/mol. The molecule has 1 unspecified atom stereocenters. The van der Waals surface area contributed by atoms with E-state index in [4.69, 9.17) is 16.3 Å². The van der Waals surface area contributed by atoms with Crippen LogP contribution in [0.3, 0.4) is 0 Å². The second kappa shape index (κ2) is 7.79. The van der Waals surface area contributed by atoms with Gasteiger partial charge < -0.3 is 15.0 Å². The molecule has 2 rings (SSSR count). The molecule has 2 amide bonds. The van der Waals surface area contributed by atoms with E-state index >= 15 is 0 Å². The van der Waals surface area contributed by atoms with Gasteiger partial charge in [0.25, 0.3) is 0 Å². The number of benzene rings is 1. The third kappa shape index (κ3) is 4.45. The van der Waals surface area contributed by atoms with Crippen LogP contribution in [0.1, 0.15) is 30.9 Å². The summed E-state index contributed by atoms with van der Waals surface area (Å²) in [4.78, 5) is 25.5. The minimum absolute atomic E-state index is 0.106. The fourth-order valence-electron chi connectivity index (χ4n) is 2.87. The highest BCUT2D eigenvalue weighted by Crippen LogP contribution is 2.31. The van der Waals surface area contributed by atoms with E-state index in [2.05, 4.69) is 5.32 Å². The minimum Gasteiger partial charge on any atom is -0.368 e. The molecule has 5 nitrogen and oxygen atoms in total. The van der Waals surface area contributed by atoms with E-state index in [1.54, 1.807) is 4.90 Å². The topological polar surface area (TPSA) is 58.6 Å². The summed E-state index contributed by atoms with van der Waals surface area (Å²) >= 11 is 6.32. The maximum atomic E-state index is 12.0. The molecule has 0 radical (unpaired) electrons. The molecule has 1 aromatic carbocycles. The van der Waals surface area contributed by atoms with Crippen molar-refractivity contribution in [3.05, 3.63) is 28.3 Å². The standard InChI is InChI=1S/C17H23ClN2O3/c1-11-9-12(2)16(14(18)10-11)20(13(3)21)7-6-19-17(22)15-5-4-8-23-15/h9-10,15H,4-8H2,1-3H3,(H,19,22). The van der Waals surface area contributed by atoms with Crippen molar-refractivity contribution in [1.82, 2.24) is 5.32 Å². The number of amides is 2. The van der Waals surface area contributed by atoms with Gasteiger partial charge in [-0.1, -0.05) is 17.7 Å². The van der Waals surface area contributed by atoms with E-state index in [0.717, 1.165) is 24.0 Å². The second-order valence-corrected chi connectivity index (χ2v) is 6.28. The molecule has 0 bridgehead atoms. The molecule has 0 aromatic heterocycles. The number of carbonyl (C=O) groups is 2. The van der Waals surface area contributed by atoms with Crippen LogP contribution in [0.2, 0.25) is 5.02 Å². The largest absolute Gasteiger partial charge is 0.368 e. The molecule has 0 aliphatic carbocycles. The Morgan fingerprint density at radius 3 is 2.70 bits per heavy atom. The first-order valence-electron chi connectivity index (χ1n) is 7.84. The fourth-order valence-corrected chi connectivity index (χ4v) is 3.29. The van der Waals surface area contributed by atoms with Gasteiger partial charge in [-0.25, -0.2) is 0 Å². The lowest BCUT2D eigenvalue weighted by molar-refractivity contribution is -0.130. The van der Waals surface area contributed by atoms with E-state index < -0.39 is 0 Å². The van der Waals surface area contributed by atoms with Crippen LogP contribution >= 0.6 is 11.6 Å². The van der Waals surface area contributed by atoms with Crippen LogP contribution < -0.4 is 10.2 Å². The molecule has 1 aliphatic rings. The van der Waals surface area contributed by atoms with Gasteiger partial charge in [0.05, 0.1) is 10.7 Å². The number of ether oxygens (including phenoxy) is 1. The number of halogens is 1. The third-order valence-electron chi connectivity index (χ3n) is 3.91. The van der Waals surface area contributed by atoms with E-state index in [1.807, 2.05) is 26.0 Å². The number of nitrogens with one attached hydrogen (secondary N) is 1. The summed E-state index contributed by atoms with van der Waals surface area (Å²) in [6, 6.07) is 3.83. The van der Waals surface area contributed by atoms with E-state index in [9.17, 15) is 9.59 Å². The first-order valence-corrected chi connectivity index (χ1v) is 8.22. The van der Waals surface area contributed by atoms with Crippen LogP contribution in [0.15, 0.2) is 12.1 Å². The summed E-state index contributed by atoms with van der Waals surface area (Å²) in [5, 5.41) is 3.37. The van der Waals surface area contributed by atoms with Gasteiger partial charge in [-0.3, -0.25) is 9.59 Å². The van der Waals surface area contributed by atoms with E-state index in [0.29, 0.717) is 30.4 Å². The van der Waals surface area contributed by atoms with Crippen LogP contribution in [0.4, 0.5) is 5.69 Å². The fraction of sp³-hybridized carbons (Fsp3) is 0.529. The summed E-state index contributed by atoms with van der Waals surface area (Å²) in [6.07, 6.45) is 1.31. The van der Waals surface area contributed by atoms with Crippen molar-refractivity contribution in [1.29, 1.82) is 0 Å². The summed E-state index contributed by atoms with van der Waals surface area (Å²) < 4.78 is 5.34. The van der Waals surface area contributed by atoms with E-state index in [1.165, 1.54) is 6.92 Å². The molecule has 1 aromatic rings. The molecule has 1 aliphatic heterocycles. The molecule has 1 fully saturated rings. The first-order chi connectivity index (χ1) is 10.9. The van der Waals surface area contributed by atoms with Crippen molar-refractivity contribution in [2.24, 2.45) is 0 Å². The third-order valence-corrected chi connectivity index (χ3v) is 4.19. The molecule has 1 heterocycles. The van der Waals surface area contributed by atoms with Crippen molar-refractivity contribution >= 4 is 29.1 Å². The Morgan fingerprint density at radius 1 is 1.39 bits per heavy atom. The highest BCUT2D eigenvalue weighted by Gasteiger charge is 2.24. The number of hydrogen-bond acceptors (Lipinski definition) is 3. The molecule has 1 atom stereocenters. The maximum absolute atomic E-state index is 12.0. The van der Waals surface area contributed by atoms with Gasteiger partial charge in [0.15, 0.2) is 0 Å². The van der Waals surface area contributed by atoms with Gasteiger partial charge in [-0.15, -0.1) is 0 Å². The Hall–Kier alpha value is -1.59. The van der Waals surface area contributed by atoms with Gasteiger partial charge in [0.2, 0.25) is 11.8 Å². The van der Waals surface area contributed by atoms with E-state index in [-0.39, 0.29) is 17.9 Å². The zero-order valence-electron chi connectivity index (χ0n) is 13.8. The summed E-state index contributed by atoms with van der Waals surface area (Å²) in [7, 11) is 0. The van der Waals surface area contributed by atoms with Crippen molar-refractivity contribution in [2.75, 3.05) is 24.6 Å². The Morgan fingerprint density at radius 2 is 2.13 bits per heavy atom. The molecule has 0 saturated carbocycles. The number of hydrogen-bond donors (Lipinski definition) is 1. The Labute approximate surface area is 141 Å². The number of anilines is 1. The van der Waals surface area contributed by atoms with Crippen molar-refractivity contribution in [3.8, 4) is 0 Å². The Bertz CT molecular complexity index is 574. The average molecular weight is 339 g/mol. The van der Waals surface area contributed by atoms with Gasteiger partial charge in [-0.2, -0.15) is 0 Å². The van der Waals surface area contributed by atoms with Crippen LogP contribution in [0, 0.1) is 13.8 Å². The van der Waals surface area contributed by atoms with Crippen LogP contribution in [0.5, 0.6) is 0 Å². The zero-order chi connectivity index (χ0) is 17.0. The lowest BCUT2D eigenvalue weighted by Gasteiger charge is -2.25. The Balaban J connectivity index is 2.02. The number of rotatable bonds is 5. The molecule has 6 heteroatoms. The SMILES string of the molecule is CC(=O)N(CCNC(=O)C1CCCO1)c1c(C)cc(C)cc1Cl. The van der Waals surface area contributed by atoms with Gasteiger partial charge >= 0.3 is 0 Å². The molecule has 0 spiro atoms. The number of nitrogens with zero attached hydrogens (tertiary/aromatic N) is 1. The normalized spacial score (nSPS) is 17.1. The molecule has 1 N–H and O–H groups in total. The predicted octanol–water partition coefficient (Wildman–Crippen LogP) is 2.60. The lowest BCUT2D eigenvalue weighted by Crippen LogP contribution is -2.41. The second-order valence-electron chi connectivity index (χ2n) is 5.88. The minimum atomic E-state index is -0.356. The molecular formula is C17H23ClN2O3. The monoisotopic (exact) mass is 338 g/mol. The van der Waals surface area contributed by atoms with Gasteiger partial charge in [-0.05, 0) is 43.9 Å². The molecular weight excluding hydrogens is 316 g/mol. The smallest absolute Gasteiger partial charge is 0.249 e. The summed E-state index contributed by atoms with van der Waals surface area (Å²) in [6.45, 7) is 6.75. The van der Waals surface area contributed by atoms with Crippen LogP contribution in [-0.4, -0.2) is 37.6 Å². The highest BCUT2D eigenvalue weighted by atomic mass is 35.5. The van der Waals surface area contributed by atoms with Crippen LogP contribution in [-0.2, 0) is 14.3 Å². The highest BCUT2D eigenvalue weighted by molar-refractivity contribution is 6.34. The van der Waals surface area contributed by atoms with Crippen molar-refractivity contribution < 1.29 is 14.3 Å². The molecule has 23 heavy (non-hydrogen) atoms. The van der Waals surface area contributed by atoms with Crippen molar-refractivity contribution in [3.63, 3.8) is 0 Å². The lowest BCUT2D eigenvalue weighted by atomic mass is 10.1. The number of carbonyl (C=O) groups excluding carboxylic acids is 2. The summed E-state index contributed by atoms with van der Waals surface area (Å²) in [5.74, 6) is -0.219.